The zero-order valence-electron chi connectivity index (χ0n) is 23.4. The number of hydrogen-bond acceptors (Lipinski definition) is 6. The van der Waals surface area contributed by atoms with Gasteiger partial charge in [-0.3, -0.25) is 8.37 Å². The summed E-state index contributed by atoms with van der Waals surface area (Å²) in [6, 6.07) is 12.7. The van der Waals surface area contributed by atoms with Crippen molar-refractivity contribution in [3.05, 3.63) is 59.7 Å². The van der Waals surface area contributed by atoms with Crippen LogP contribution in [0.5, 0.6) is 0 Å². The molecule has 2 rings (SSSR count). The molecule has 1 atom stereocenters. The SMILES string of the molecule is CCCCCCCCCCCCCCC(COS(=O)(=O)c1ccc(C)cc1)OS(=O)(=O)c1ccc(C)cc1. The van der Waals surface area contributed by atoms with E-state index in [0.29, 0.717) is 6.42 Å². The standard InChI is InChI=1S/C30H46O6S2/c1-4-5-6-7-8-9-10-11-12-13-14-15-16-28(36-38(33,34)30-23-19-27(3)20-24-30)25-35-37(31,32)29-21-17-26(2)18-22-29/h17-24,28H,4-16,25H2,1-3H3. The van der Waals surface area contributed by atoms with Crippen LogP contribution in [0.4, 0.5) is 0 Å². The van der Waals surface area contributed by atoms with Crippen LogP contribution in [0.15, 0.2) is 58.3 Å². The number of hydrogen-bond donors (Lipinski definition) is 0. The Morgan fingerprint density at radius 3 is 1.42 bits per heavy atom. The Labute approximate surface area is 231 Å². The molecule has 0 amide bonds. The zero-order valence-corrected chi connectivity index (χ0v) is 25.0. The molecule has 0 aliphatic rings. The first-order valence-electron chi connectivity index (χ1n) is 14.1. The minimum Gasteiger partial charge on any atom is -0.264 e. The molecule has 2 aromatic carbocycles. The highest BCUT2D eigenvalue weighted by Crippen LogP contribution is 2.21. The molecule has 8 heteroatoms. The molecule has 0 spiro atoms. The van der Waals surface area contributed by atoms with Crippen molar-refractivity contribution in [1.29, 1.82) is 0 Å². The average molecular weight is 567 g/mol. The summed E-state index contributed by atoms with van der Waals surface area (Å²) in [5.74, 6) is 0. The minimum atomic E-state index is -4.06. The molecule has 0 aliphatic carbocycles. The van der Waals surface area contributed by atoms with E-state index in [1.807, 2.05) is 13.8 Å². The lowest BCUT2D eigenvalue weighted by molar-refractivity contribution is 0.127. The number of benzene rings is 2. The van der Waals surface area contributed by atoms with E-state index in [4.69, 9.17) is 8.37 Å². The zero-order chi connectivity index (χ0) is 27.9. The van der Waals surface area contributed by atoms with Crippen LogP contribution in [0.3, 0.4) is 0 Å². The smallest absolute Gasteiger partial charge is 0.264 e. The molecule has 0 fully saturated rings. The molecule has 0 saturated carbocycles. The quantitative estimate of drug-likeness (QED) is 0.120. The third-order valence-electron chi connectivity index (χ3n) is 6.67. The molecule has 0 aromatic heterocycles. The minimum absolute atomic E-state index is 0.0357. The van der Waals surface area contributed by atoms with Crippen molar-refractivity contribution in [2.45, 2.75) is 120 Å². The fraction of sp³-hybridized carbons (Fsp3) is 0.600. The van der Waals surface area contributed by atoms with Gasteiger partial charge in [0.2, 0.25) is 0 Å². The van der Waals surface area contributed by atoms with Crippen LogP contribution >= 0.6 is 0 Å². The van der Waals surface area contributed by atoms with Gasteiger partial charge in [-0.15, -0.1) is 0 Å². The molecule has 0 N–H and O–H groups in total. The lowest BCUT2D eigenvalue weighted by Crippen LogP contribution is -2.26. The second-order valence-corrected chi connectivity index (χ2v) is 13.4. The monoisotopic (exact) mass is 566 g/mol. The molecule has 0 bridgehead atoms. The molecule has 6 nitrogen and oxygen atoms in total. The van der Waals surface area contributed by atoms with Crippen LogP contribution in [0.1, 0.15) is 102 Å². The van der Waals surface area contributed by atoms with Crippen LogP contribution in [0.2, 0.25) is 0 Å². The molecule has 0 heterocycles. The second kappa shape index (κ2) is 17.1. The predicted octanol–water partition coefficient (Wildman–Crippen LogP) is 7.87. The summed E-state index contributed by atoms with van der Waals surface area (Å²) in [7, 11) is -8.08. The van der Waals surface area contributed by atoms with Crippen molar-refractivity contribution in [3.8, 4) is 0 Å². The van der Waals surface area contributed by atoms with Gasteiger partial charge >= 0.3 is 0 Å². The average Bonchev–Trinajstić information content (AvgIpc) is 2.88. The van der Waals surface area contributed by atoms with E-state index in [2.05, 4.69) is 6.92 Å². The van der Waals surface area contributed by atoms with Crippen molar-refractivity contribution in [3.63, 3.8) is 0 Å². The van der Waals surface area contributed by atoms with Gasteiger partial charge in [0.05, 0.1) is 16.4 Å². The maximum absolute atomic E-state index is 12.9. The van der Waals surface area contributed by atoms with E-state index >= 15 is 0 Å². The van der Waals surface area contributed by atoms with Gasteiger partial charge in [-0.2, -0.15) is 16.8 Å². The summed E-state index contributed by atoms with van der Waals surface area (Å²) in [6.07, 6.45) is 13.8. The van der Waals surface area contributed by atoms with Crippen LogP contribution in [0, 0.1) is 13.8 Å². The Morgan fingerprint density at radius 1 is 0.579 bits per heavy atom. The number of rotatable bonds is 20. The molecule has 2 aromatic rings. The largest absolute Gasteiger partial charge is 0.297 e. The second-order valence-electron chi connectivity index (χ2n) is 10.2. The lowest BCUT2D eigenvalue weighted by Gasteiger charge is -2.18. The molecule has 0 saturated heterocycles. The highest BCUT2D eigenvalue weighted by Gasteiger charge is 2.25. The third-order valence-corrected chi connectivity index (χ3v) is 9.34. The van der Waals surface area contributed by atoms with Crippen molar-refractivity contribution >= 4 is 20.2 Å². The summed E-state index contributed by atoms with van der Waals surface area (Å²) in [4.78, 5) is 0.0813. The fourth-order valence-electron chi connectivity index (χ4n) is 4.25. The van der Waals surface area contributed by atoms with E-state index in [1.165, 1.54) is 75.6 Å². The summed E-state index contributed by atoms with van der Waals surface area (Å²) in [5, 5.41) is 0. The molecule has 0 aliphatic heterocycles. The molecule has 214 valence electrons. The molecular formula is C30H46O6S2. The van der Waals surface area contributed by atoms with Gasteiger partial charge in [0, 0.05) is 0 Å². The summed E-state index contributed by atoms with van der Waals surface area (Å²) >= 11 is 0. The maximum Gasteiger partial charge on any atom is 0.297 e. The Bertz CT molecular complexity index is 1120. The Morgan fingerprint density at radius 2 is 0.974 bits per heavy atom. The van der Waals surface area contributed by atoms with Crippen LogP contribution in [-0.2, 0) is 28.6 Å². The molecule has 38 heavy (non-hydrogen) atoms. The molecular weight excluding hydrogens is 520 g/mol. The first-order chi connectivity index (χ1) is 18.1. The summed E-state index contributed by atoms with van der Waals surface area (Å²) < 4.78 is 61.8. The van der Waals surface area contributed by atoms with Gasteiger partial charge in [0.25, 0.3) is 20.2 Å². The summed E-state index contributed by atoms with van der Waals surface area (Å²) in [5.41, 5.74) is 1.87. The van der Waals surface area contributed by atoms with E-state index in [1.54, 1.807) is 24.3 Å². The van der Waals surface area contributed by atoms with E-state index in [9.17, 15) is 16.8 Å². The van der Waals surface area contributed by atoms with Crippen molar-refractivity contribution in [1.82, 2.24) is 0 Å². The van der Waals surface area contributed by atoms with Crippen LogP contribution < -0.4 is 0 Å². The third kappa shape index (κ3) is 12.4. The van der Waals surface area contributed by atoms with Gasteiger partial charge in [-0.05, 0) is 44.5 Å². The Hall–Kier alpha value is -1.74. The first kappa shape index (κ1) is 32.5. The Balaban J connectivity index is 1.86. The van der Waals surface area contributed by atoms with E-state index in [0.717, 1.165) is 36.8 Å². The van der Waals surface area contributed by atoms with Gasteiger partial charge < -0.3 is 0 Å². The highest BCUT2D eigenvalue weighted by molar-refractivity contribution is 7.87. The van der Waals surface area contributed by atoms with Crippen molar-refractivity contribution in [2.24, 2.45) is 0 Å². The Kier molecular flexibility index (Phi) is 14.6. The summed E-state index contributed by atoms with van der Waals surface area (Å²) in [6.45, 7) is 5.61. The topological polar surface area (TPSA) is 86.7 Å². The van der Waals surface area contributed by atoms with Gasteiger partial charge in [-0.1, -0.05) is 119 Å². The van der Waals surface area contributed by atoms with E-state index in [-0.39, 0.29) is 16.4 Å². The maximum atomic E-state index is 12.9. The van der Waals surface area contributed by atoms with Gasteiger partial charge in [-0.25, -0.2) is 0 Å². The van der Waals surface area contributed by atoms with Crippen molar-refractivity contribution < 1.29 is 25.2 Å². The fourth-order valence-corrected chi connectivity index (χ4v) is 6.28. The van der Waals surface area contributed by atoms with Crippen LogP contribution in [0.25, 0.3) is 0 Å². The lowest BCUT2D eigenvalue weighted by atomic mass is 10.0. The van der Waals surface area contributed by atoms with Crippen molar-refractivity contribution in [2.75, 3.05) is 6.61 Å². The number of aryl methyl sites for hydroxylation is 2. The molecule has 0 radical (unpaired) electrons. The predicted molar refractivity (Wildman–Crippen MR) is 153 cm³/mol. The number of unbranched alkanes of at least 4 members (excludes halogenated alkanes) is 11. The normalized spacial score (nSPS) is 13.0. The highest BCUT2D eigenvalue weighted by atomic mass is 32.2. The van der Waals surface area contributed by atoms with Gasteiger partial charge in [0.1, 0.15) is 6.10 Å². The van der Waals surface area contributed by atoms with Gasteiger partial charge in [0.15, 0.2) is 0 Å². The molecule has 1 unspecified atom stereocenters. The first-order valence-corrected chi connectivity index (χ1v) is 16.9. The van der Waals surface area contributed by atoms with E-state index < -0.39 is 26.3 Å². The van der Waals surface area contributed by atoms with Crippen LogP contribution in [-0.4, -0.2) is 29.5 Å².